The van der Waals surface area contributed by atoms with Crippen LogP contribution in [-0.4, -0.2) is 32.6 Å². The molecule has 32 heavy (non-hydrogen) atoms. The smallest absolute Gasteiger partial charge is 0.295 e. The van der Waals surface area contributed by atoms with Crippen LogP contribution in [0.5, 0.6) is 5.75 Å². The number of hydrogen-bond acceptors (Lipinski definition) is 5. The number of nitrogens with zero attached hydrogens (tertiary/aromatic N) is 4. The van der Waals surface area contributed by atoms with Crippen LogP contribution in [0.25, 0.3) is 16.6 Å². The van der Waals surface area contributed by atoms with Gasteiger partial charge in [0.2, 0.25) is 5.91 Å². The molecule has 2 aromatic heterocycles. The molecule has 4 rings (SSSR count). The summed E-state index contributed by atoms with van der Waals surface area (Å²) >= 11 is 0. The van der Waals surface area contributed by atoms with Gasteiger partial charge >= 0.3 is 0 Å². The quantitative estimate of drug-likeness (QED) is 0.486. The molecular formula is C24H25N5O3. The Balaban J connectivity index is 1.49. The van der Waals surface area contributed by atoms with Crippen LogP contribution in [0, 0.1) is 13.8 Å². The number of ether oxygens (including phenoxy) is 1. The van der Waals surface area contributed by atoms with Crippen LogP contribution in [0.2, 0.25) is 0 Å². The topological polar surface area (TPSA) is 91.0 Å². The van der Waals surface area contributed by atoms with Gasteiger partial charge in [-0.2, -0.15) is 10.2 Å². The zero-order valence-corrected chi connectivity index (χ0v) is 18.3. The fourth-order valence-electron chi connectivity index (χ4n) is 3.70. The second-order valence-corrected chi connectivity index (χ2v) is 7.54. The van der Waals surface area contributed by atoms with E-state index >= 15 is 0 Å². The first-order valence-electron chi connectivity index (χ1n) is 10.4. The van der Waals surface area contributed by atoms with Crippen molar-refractivity contribution in [2.45, 2.75) is 33.4 Å². The molecule has 1 amide bonds. The molecule has 0 aliphatic rings. The Labute approximate surface area is 185 Å². The molecule has 0 spiro atoms. The molecule has 0 aliphatic carbocycles. The molecule has 0 saturated carbocycles. The molecule has 0 fully saturated rings. The standard InChI is InChI=1S/C24H25N5O3/c1-16-22-17(2)29(19-7-5-4-6-8-19)27-23(22)24(31)28(26-16)14-13-21(30)25-15-18-9-11-20(32-3)12-10-18/h4-12H,13-15H2,1-3H3,(H,25,30). The summed E-state index contributed by atoms with van der Waals surface area (Å²) in [5.74, 6) is 0.611. The van der Waals surface area contributed by atoms with E-state index in [4.69, 9.17) is 4.74 Å². The molecule has 8 heteroatoms. The fraction of sp³-hybridized carbons (Fsp3) is 0.250. The van der Waals surface area contributed by atoms with Gasteiger partial charge < -0.3 is 10.1 Å². The van der Waals surface area contributed by atoms with Gasteiger partial charge in [-0.25, -0.2) is 9.36 Å². The highest BCUT2D eigenvalue weighted by Crippen LogP contribution is 2.21. The lowest BCUT2D eigenvalue weighted by Crippen LogP contribution is -2.29. The van der Waals surface area contributed by atoms with Crippen molar-refractivity contribution in [3.05, 3.63) is 81.9 Å². The average molecular weight is 431 g/mol. The number of hydrogen-bond donors (Lipinski definition) is 1. The minimum atomic E-state index is -0.300. The van der Waals surface area contributed by atoms with E-state index in [1.54, 1.807) is 11.8 Å². The molecule has 0 radical (unpaired) electrons. The molecule has 0 saturated heterocycles. The van der Waals surface area contributed by atoms with Gasteiger partial charge in [0.05, 0.1) is 36.1 Å². The molecule has 0 bridgehead atoms. The fourth-order valence-corrected chi connectivity index (χ4v) is 3.70. The van der Waals surface area contributed by atoms with E-state index in [-0.39, 0.29) is 24.4 Å². The van der Waals surface area contributed by atoms with Crippen LogP contribution in [0.3, 0.4) is 0 Å². The highest BCUT2D eigenvalue weighted by atomic mass is 16.5. The summed E-state index contributed by atoms with van der Waals surface area (Å²) in [6.07, 6.45) is 0.145. The number of benzene rings is 2. The zero-order valence-electron chi connectivity index (χ0n) is 18.3. The van der Waals surface area contributed by atoms with Crippen LogP contribution in [0.1, 0.15) is 23.4 Å². The van der Waals surface area contributed by atoms with Gasteiger partial charge in [0, 0.05) is 13.0 Å². The maximum atomic E-state index is 13.0. The molecule has 2 heterocycles. The van der Waals surface area contributed by atoms with Gasteiger partial charge in [0.25, 0.3) is 5.56 Å². The molecular weight excluding hydrogens is 406 g/mol. The summed E-state index contributed by atoms with van der Waals surface area (Å²) in [4.78, 5) is 25.3. The first-order valence-corrected chi connectivity index (χ1v) is 10.4. The highest BCUT2D eigenvalue weighted by molar-refractivity contribution is 5.83. The third kappa shape index (κ3) is 4.25. The van der Waals surface area contributed by atoms with Crippen LogP contribution in [0.15, 0.2) is 59.4 Å². The predicted octanol–water partition coefficient (Wildman–Crippen LogP) is 2.91. The number of aryl methyl sites for hydroxylation is 3. The van der Waals surface area contributed by atoms with E-state index < -0.39 is 0 Å². The second-order valence-electron chi connectivity index (χ2n) is 7.54. The maximum absolute atomic E-state index is 13.0. The van der Waals surface area contributed by atoms with Crippen molar-refractivity contribution < 1.29 is 9.53 Å². The number of aromatic nitrogens is 4. The normalized spacial score (nSPS) is 11.0. The number of fused-ring (bicyclic) bond motifs is 1. The first-order chi connectivity index (χ1) is 15.5. The summed E-state index contributed by atoms with van der Waals surface area (Å²) in [6.45, 7) is 4.37. The van der Waals surface area contributed by atoms with Crippen molar-refractivity contribution >= 4 is 16.8 Å². The maximum Gasteiger partial charge on any atom is 0.295 e. The van der Waals surface area contributed by atoms with Gasteiger partial charge in [-0.15, -0.1) is 0 Å². The molecule has 4 aromatic rings. The van der Waals surface area contributed by atoms with Gasteiger partial charge in [0.15, 0.2) is 5.52 Å². The molecule has 8 nitrogen and oxygen atoms in total. The largest absolute Gasteiger partial charge is 0.497 e. The summed E-state index contributed by atoms with van der Waals surface area (Å²) in [7, 11) is 1.61. The van der Waals surface area contributed by atoms with Crippen LogP contribution >= 0.6 is 0 Å². The Morgan fingerprint density at radius 3 is 2.44 bits per heavy atom. The summed E-state index contributed by atoms with van der Waals surface area (Å²) in [5, 5.41) is 12.6. The predicted molar refractivity (Wildman–Crippen MR) is 122 cm³/mol. The van der Waals surface area contributed by atoms with Crippen molar-refractivity contribution in [1.82, 2.24) is 24.9 Å². The Morgan fingerprint density at radius 2 is 1.75 bits per heavy atom. The van der Waals surface area contributed by atoms with Crippen molar-refractivity contribution in [2.75, 3.05) is 7.11 Å². The van der Waals surface area contributed by atoms with Crippen LogP contribution in [-0.2, 0) is 17.9 Å². The summed E-state index contributed by atoms with van der Waals surface area (Å²) in [6, 6.07) is 17.1. The lowest BCUT2D eigenvalue weighted by molar-refractivity contribution is -0.121. The Morgan fingerprint density at radius 1 is 1.03 bits per heavy atom. The van der Waals surface area contributed by atoms with Gasteiger partial charge in [-0.1, -0.05) is 30.3 Å². The Bertz CT molecular complexity index is 1310. The number of carbonyl (C=O) groups excluding carboxylic acids is 1. The Kier molecular flexibility index (Phi) is 6.02. The monoisotopic (exact) mass is 431 g/mol. The minimum absolute atomic E-state index is 0.145. The number of para-hydroxylation sites is 1. The highest BCUT2D eigenvalue weighted by Gasteiger charge is 2.17. The number of rotatable bonds is 7. The molecule has 2 aromatic carbocycles. The van der Waals surface area contributed by atoms with E-state index in [1.807, 2.05) is 68.4 Å². The average Bonchev–Trinajstić information content (AvgIpc) is 3.18. The van der Waals surface area contributed by atoms with Crippen LogP contribution in [0.4, 0.5) is 0 Å². The minimum Gasteiger partial charge on any atom is -0.497 e. The van der Waals surface area contributed by atoms with Gasteiger partial charge in [0.1, 0.15) is 5.75 Å². The van der Waals surface area contributed by atoms with Crippen molar-refractivity contribution in [3.63, 3.8) is 0 Å². The first kappa shape index (κ1) is 21.3. The van der Waals surface area contributed by atoms with E-state index in [1.165, 1.54) is 4.68 Å². The van der Waals surface area contributed by atoms with Gasteiger partial charge in [-0.05, 0) is 43.7 Å². The SMILES string of the molecule is COc1ccc(CNC(=O)CCn2nc(C)c3c(C)n(-c4ccccc4)nc3c2=O)cc1. The molecule has 164 valence electrons. The third-order valence-corrected chi connectivity index (χ3v) is 5.39. The summed E-state index contributed by atoms with van der Waals surface area (Å²) < 4.78 is 8.22. The van der Waals surface area contributed by atoms with Crippen molar-refractivity contribution in [3.8, 4) is 11.4 Å². The van der Waals surface area contributed by atoms with E-state index in [2.05, 4.69) is 15.5 Å². The zero-order chi connectivity index (χ0) is 22.7. The van der Waals surface area contributed by atoms with E-state index in [0.717, 1.165) is 28.1 Å². The van der Waals surface area contributed by atoms with Gasteiger partial charge in [-0.3, -0.25) is 9.59 Å². The third-order valence-electron chi connectivity index (χ3n) is 5.39. The van der Waals surface area contributed by atoms with E-state index in [0.29, 0.717) is 17.8 Å². The number of nitrogens with one attached hydrogen (secondary N) is 1. The lowest BCUT2D eigenvalue weighted by Gasteiger charge is -2.08. The number of amides is 1. The lowest BCUT2D eigenvalue weighted by atomic mass is 10.2. The van der Waals surface area contributed by atoms with Crippen LogP contribution < -0.4 is 15.6 Å². The van der Waals surface area contributed by atoms with Crippen molar-refractivity contribution in [2.24, 2.45) is 0 Å². The molecule has 1 N–H and O–H groups in total. The van der Waals surface area contributed by atoms with Crippen molar-refractivity contribution in [1.29, 1.82) is 0 Å². The van der Waals surface area contributed by atoms with E-state index in [9.17, 15) is 9.59 Å². The molecule has 0 aliphatic heterocycles. The molecule has 0 atom stereocenters. The molecule has 0 unspecified atom stereocenters. The number of methoxy groups -OCH3 is 1. The summed E-state index contributed by atoms with van der Waals surface area (Å²) in [5.41, 5.74) is 3.47. The Hall–Kier alpha value is -3.94. The second kappa shape index (κ2) is 9.05. The number of carbonyl (C=O) groups is 1.